The fourth-order valence-electron chi connectivity index (χ4n) is 1.80. The van der Waals surface area contributed by atoms with Crippen molar-refractivity contribution in [2.75, 3.05) is 25.0 Å². The molecule has 0 heterocycles. The van der Waals surface area contributed by atoms with Crippen molar-refractivity contribution in [2.45, 2.75) is 39.7 Å². The molecule has 1 aromatic carbocycles. The second-order valence-electron chi connectivity index (χ2n) is 4.62. The van der Waals surface area contributed by atoms with Gasteiger partial charge in [-0.25, -0.2) is 0 Å². The van der Waals surface area contributed by atoms with Crippen molar-refractivity contribution < 1.29 is 0 Å². The lowest BCUT2D eigenvalue weighted by molar-refractivity contribution is 0.675. The van der Waals surface area contributed by atoms with Gasteiger partial charge in [-0.15, -0.1) is 0 Å². The van der Waals surface area contributed by atoms with Gasteiger partial charge < -0.3 is 10.2 Å². The average Bonchev–Trinajstić information content (AvgIpc) is 2.37. The monoisotopic (exact) mass is 234 g/mol. The lowest BCUT2D eigenvalue weighted by Crippen LogP contribution is -2.18. The van der Waals surface area contributed by atoms with Gasteiger partial charge in [0.1, 0.15) is 0 Å². The maximum Gasteiger partial charge on any atom is 0.0363 e. The van der Waals surface area contributed by atoms with E-state index in [1.54, 1.807) is 0 Å². The first-order chi connectivity index (χ1) is 8.27. The van der Waals surface area contributed by atoms with Gasteiger partial charge in [0.05, 0.1) is 0 Å². The summed E-state index contributed by atoms with van der Waals surface area (Å²) in [7, 11) is 2.17. The molecular formula is C15H26N2. The number of rotatable bonds is 8. The van der Waals surface area contributed by atoms with Crippen LogP contribution in [-0.4, -0.2) is 20.1 Å². The van der Waals surface area contributed by atoms with Gasteiger partial charge in [-0.1, -0.05) is 32.4 Å². The van der Waals surface area contributed by atoms with Crippen molar-refractivity contribution in [1.29, 1.82) is 0 Å². The van der Waals surface area contributed by atoms with E-state index < -0.39 is 0 Å². The number of anilines is 1. The second kappa shape index (κ2) is 8.13. The second-order valence-corrected chi connectivity index (χ2v) is 4.62. The maximum atomic E-state index is 3.42. The molecule has 0 aliphatic rings. The van der Waals surface area contributed by atoms with Crippen LogP contribution in [0.2, 0.25) is 0 Å². The minimum atomic E-state index is 0.979. The molecule has 0 fully saturated rings. The van der Waals surface area contributed by atoms with Crippen LogP contribution in [0.15, 0.2) is 24.3 Å². The zero-order chi connectivity index (χ0) is 12.5. The van der Waals surface area contributed by atoms with Crippen LogP contribution in [0.1, 0.15) is 38.7 Å². The van der Waals surface area contributed by atoms with Crippen molar-refractivity contribution in [2.24, 2.45) is 0 Å². The van der Waals surface area contributed by atoms with Crippen molar-refractivity contribution in [1.82, 2.24) is 5.32 Å². The third kappa shape index (κ3) is 5.22. The predicted octanol–water partition coefficient (Wildman–Crippen LogP) is 3.42. The van der Waals surface area contributed by atoms with Crippen LogP contribution in [0.4, 0.5) is 5.69 Å². The van der Waals surface area contributed by atoms with Gasteiger partial charge in [-0.3, -0.25) is 0 Å². The molecule has 0 spiro atoms. The Kier molecular flexibility index (Phi) is 6.71. The Hall–Kier alpha value is -1.02. The first kappa shape index (κ1) is 14.0. The number of nitrogens with one attached hydrogen (secondary N) is 1. The number of unbranched alkanes of at least 4 members (excludes halogenated alkanes) is 1. The van der Waals surface area contributed by atoms with Crippen LogP contribution in [0.5, 0.6) is 0 Å². The third-order valence-electron chi connectivity index (χ3n) is 2.98. The van der Waals surface area contributed by atoms with Gasteiger partial charge in [0, 0.05) is 25.8 Å². The Morgan fingerprint density at radius 2 is 1.76 bits per heavy atom. The van der Waals surface area contributed by atoms with E-state index >= 15 is 0 Å². The summed E-state index contributed by atoms with van der Waals surface area (Å²) in [5, 5.41) is 3.42. The quantitative estimate of drug-likeness (QED) is 0.693. The maximum absolute atomic E-state index is 3.42. The Balaban J connectivity index is 2.43. The topological polar surface area (TPSA) is 15.3 Å². The molecule has 1 N–H and O–H groups in total. The largest absolute Gasteiger partial charge is 0.375 e. The molecule has 0 aliphatic carbocycles. The molecule has 0 aliphatic heterocycles. The predicted molar refractivity (Wildman–Crippen MR) is 76.6 cm³/mol. The fraction of sp³-hybridized carbons (Fsp3) is 0.600. The molecule has 0 radical (unpaired) electrons. The number of hydrogen-bond donors (Lipinski definition) is 1. The third-order valence-corrected chi connectivity index (χ3v) is 2.98. The molecule has 0 saturated carbocycles. The summed E-state index contributed by atoms with van der Waals surface area (Å²) >= 11 is 0. The van der Waals surface area contributed by atoms with Crippen LogP contribution in [0, 0.1) is 0 Å². The summed E-state index contributed by atoms with van der Waals surface area (Å²) in [5.74, 6) is 0. The molecule has 0 bridgehead atoms. The number of hydrogen-bond acceptors (Lipinski definition) is 2. The van der Waals surface area contributed by atoms with Crippen LogP contribution < -0.4 is 10.2 Å². The molecular weight excluding hydrogens is 208 g/mol. The number of nitrogens with zero attached hydrogens (tertiary/aromatic N) is 1. The molecule has 1 rings (SSSR count). The number of benzene rings is 1. The lowest BCUT2D eigenvalue weighted by Gasteiger charge is -2.19. The van der Waals surface area contributed by atoms with Crippen LogP contribution in [-0.2, 0) is 6.54 Å². The van der Waals surface area contributed by atoms with Gasteiger partial charge in [0.15, 0.2) is 0 Å². The molecule has 96 valence electrons. The molecule has 1 aromatic rings. The van der Waals surface area contributed by atoms with E-state index in [1.165, 1.54) is 30.5 Å². The molecule has 2 heteroatoms. The molecule has 17 heavy (non-hydrogen) atoms. The van der Waals surface area contributed by atoms with Crippen molar-refractivity contribution in [3.8, 4) is 0 Å². The summed E-state index contributed by atoms with van der Waals surface area (Å²) in [5.41, 5.74) is 2.68. The summed E-state index contributed by atoms with van der Waals surface area (Å²) < 4.78 is 0. The first-order valence-corrected chi connectivity index (χ1v) is 6.78. The zero-order valence-corrected chi connectivity index (χ0v) is 11.5. The van der Waals surface area contributed by atoms with E-state index in [1.807, 2.05) is 0 Å². The van der Waals surface area contributed by atoms with Crippen LogP contribution in [0.3, 0.4) is 0 Å². The molecule has 0 saturated heterocycles. The zero-order valence-electron chi connectivity index (χ0n) is 11.5. The normalized spacial score (nSPS) is 10.5. The van der Waals surface area contributed by atoms with Crippen LogP contribution in [0.25, 0.3) is 0 Å². The summed E-state index contributed by atoms with van der Waals surface area (Å²) in [4.78, 5) is 2.33. The van der Waals surface area contributed by atoms with E-state index in [9.17, 15) is 0 Å². The van der Waals surface area contributed by atoms with Crippen LogP contribution >= 0.6 is 0 Å². The molecule has 0 amide bonds. The minimum Gasteiger partial charge on any atom is -0.375 e. The van der Waals surface area contributed by atoms with Gasteiger partial charge in [0.25, 0.3) is 0 Å². The highest BCUT2D eigenvalue weighted by atomic mass is 15.1. The van der Waals surface area contributed by atoms with Gasteiger partial charge in [-0.05, 0) is 37.1 Å². The average molecular weight is 234 g/mol. The van der Waals surface area contributed by atoms with E-state index in [-0.39, 0.29) is 0 Å². The summed E-state index contributed by atoms with van der Waals surface area (Å²) in [6.45, 7) is 7.64. The highest BCUT2D eigenvalue weighted by Gasteiger charge is 1.99. The highest BCUT2D eigenvalue weighted by molar-refractivity contribution is 5.46. The van der Waals surface area contributed by atoms with E-state index in [0.717, 1.165) is 19.6 Å². The summed E-state index contributed by atoms with van der Waals surface area (Å²) in [6.07, 6.45) is 3.71. The lowest BCUT2D eigenvalue weighted by atomic mass is 10.2. The SMILES string of the molecule is CCCCN(C)c1ccc(CNCCC)cc1. The van der Waals surface area contributed by atoms with Gasteiger partial charge >= 0.3 is 0 Å². The Morgan fingerprint density at radius 3 is 2.35 bits per heavy atom. The molecule has 0 unspecified atom stereocenters. The Bertz CT molecular complexity index is 292. The standard InChI is InChI=1S/C15H26N2/c1-4-6-12-17(3)15-9-7-14(8-10-15)13-16-11-5-2/h7-10,16H,4-6,11-13H2,1-3H3. The minimum absolute atomic E-state index is 0.979. The van der Waals surface area contributed by atoms with Gasteiger partial charge in [-0.2, -0.15) is 0 Å². The van der Waals surface area contributed by atoms with Crippen molar-refractivity contribution in [3.05, 3.63) is 29.8 Å². The highest BCUT2D eigenvalue weighted by Crippen LogP contribution is 2.14. The van der Waals surface area contributed by atoms with Gasteiger partial charge in [0.2, 0.25) is 0 Å². The first-order valence-electron chi connectivity index (χ1n) is 6.78. The van der Waals surface area contributed by atoms with E-state index in [4.69, 9.17) is 0 Å². The molecule has 2 nitrogen and oxygen atoms in total. The Labute approximate surface area is 106 Å². The molecule has 0 aromatic heterocycles. The smallest absolute Gasteiger partial charge is 0.0363 e. The molecule has 0 atom stereocenters. The fourth-order valence-corrected chi connectivity index (χ4v) is 1.80. The van der Waals surface area contributed by atoms with Crippen molar-refractivity contribution >= 4 is 5.69 Å². The van der Waals surface area contributed by atoms with Crippen molar-refractivity contribution in [3.63, 3.8) is 0 Å². The summed E-state index contributed by atoms with van der Waals surface area (Å²) in [6, 6.07) is 8.89. The Morgan fingerprint density at radius 1 is 1.06 bits per heavy atom. The van der Waals surface area contributed by atoms with E-state index in [2.05, 4.69) is 55.4 Å². The van der Waals surface area contributed by atoms with E-state index in [0.29, 0.717) is 0 Å².